The van der Waals surface area contributed by atoms with E-state index in [9.17, 15) is 9.18 Å². The molecule has 1 amide bonds. The molecule has 8 heteroatoms. The van der Waals surface area contributed by atoms with Gasteiger partial charge in [-0.3, -0.25) is 4.79 Å². The number of rotatable bonds is 2. The molecule has 6 nitrogen and oxygen atoms in total. The summed E-state index contributed by atoms with van der Waals surface area (Å²) in [6, 6.07) is 7.96. The van der Waals surface area contributed by atoms with Gasteiger partial charge in [-0.2, -0.15) is 4.89 Å². The smallest absolute Gasteiger partial charge is 0.247 e. The molecule has 2 aliphatic heterocycles. The van der Waals surface area contributed by atoms with Gasteiger partial charge in [0.25, 0.3) is 0 Å². The maximum Gasteiger partial charge on any atom is 0.247 e. The number of hydrogen-bond donors (Lipinski definition) is 1. The van der Waals surface area contributed by atoms with Gasteiger partial charge in [0.2, 0.25) is 5.91 Å². The van der Waals surface area contributed by atoms with Crippen molar-refractivity contribution in [1.29, 1.82) is 0 Å². The first-order chi connectivity index (χ1) is 12.0. The van der Waals surface area contributed by atoms with Crippen LogP contribution in [0.3, 0.4) is 0 Å². The second-order valence-corrected chi connectivity index (χ2v) is 6.64. The van der Waals surface area contributed by atoms with Gasteiger partial charge in [0.05, 0.1) is 13.7 Å². The number of nitrogens with one attached hydrogen (secondary N) is 1. The van der Waals surface area contributed by atoms with Crippen LogP contribution in [0.4, 0.5) is 4.39 Å². The first kappa shape index (κ1) is 16.3. The van der Waals surface area contributed by atoms with Crippen LogP contribution >= 0.6 is 15.9 Å². The summed E-state index contributed by atoms with van der Waals surface area (Å²) in [5.41, 5.74) is -0.0229. The zero-order chi connectivity index (χ0) is 17.6. The minimum Gasteiger partial charge on any atom is -0.453 e. The molecule has 25 heavy (non-hydrogen) atoms. The Kier molecular flexibility index (Phi) is 3.90. The second-order valence-electron chi connectivity index (χ2n) is 5.72. The molecule has 0 aliphatic carbocycles. The fraction of sp³-hybridized carbons (Fsp3) is 0.235. The van der Waals surface area contributed by atoms with Crippen LogP contribution in [0.25, 0.3) is 0 Å². The molecule has 0 saturated carbocycles. The van der Waals surface area contributed by atoms with E-state index in [1.54, 1.807) is 24.3 Å². The van der Waals surface area contributed by atoms with Crippen LogP contribution in [0.5, 0.6) is 17.2 Å². The summed E-state index contributed by atoms with van der Waals surface area (Å²) < 4.78 is 26.3. The minimum atomic E-state index is -1.09. The Hall–Kier alpha value is -2.16. The fourth-order valence-electron chi connectivity index (χ4n) is 3.21. The van der Waals surface area contributed by atoms with E-state index in [0.717, 1.165) is 0 Å². The summed E-state index contributed by atoms with van der Waals surface area (Å²) >= 11 is 3.29. The Morgan fingerprint density at radius 3 is 2.88 bits per heavy atom. The number of carbonyl (C=O) groups excluding carboxylic acids is 1. The number of morpholine rings is 1. The standard InChI is InChI=1S/C17H13BrFNO5/c1-22-25-10-2-3-14-11(6-10)17(8-23-7-15(21)20-17)12-4-9(18)5-13(19)16(12)24-14/h2-6H,7-8H2,1H3,(H,20,21)/t17-/m0/s1. The Bertz CT molecular complexity index is 874. The molecule has 0 aromatic heterocycles. The number of ether oxygens (including phenoxy) is 2. The first-order valence-electron chi connectivity index (χ1n) is 7.45. The van der Waals surface area contributed by atoms with Crippen molar-refractivity contribution >= 4 is 21.8 Å². The molecule has 130 valence electrons. The molecule has 1 saturated heterocycles. The minimum absolute atomic E-state index is 0.0573. The van der Waals surface area contributed by atoms with Crippen LogP contribution in [0.15, 0.2) is 34.8 Å². The topological polar surface area (TPSA) is 66.0 Å². The summed E-state index contributed by atoms with van der Waals surface area (Å²) in [5, 5.41) is 2.94. The number of fused-ring (bicyclic) bond motifs is 4. The van der Waals surface area contributed by atoms with Crippen molar-refractivity contribution in [1.82, 2.24) is 5.32 Å². The van der Waals surface area contributed by atoms with Crippen molar-refractivity contribution in [3.05, 3.63) is 51.7 Å². The van der Waals surface area contributed by atoms with Gasteiger partial charge in [-0.05, 0) is 30.3 Å². The number of amides is 1. The Morgan fingerprint density at radius 1 is 1.28 bits per heavy atom. The molecule has 2 heterocycles. The van der Waals surface area contributed by atoms with E-state index >= 15 is 0 Å². The maximum absolute atomic E-state index is 14.5. The van der Waals surface area contributed by atoms with Crippen LogP contribution < -0.4 is 14.9 Å². The lowest BCUT2D eigenvalue weighted by molar-refractivity contribution is -0.178. The van der Waals surface area contributed by atoms with E-state index in [2.05, 4.69) is 21.2 Å². The lowest BCUT2D eigenvalue weighted by Crippen LogP contribution is -2.56. The molecule has 1 N–H and O–H groups in total. The third kappa shape index (κ3) is 2.57. The zero-order valence-corrected chi connectivity index (χ0v) is 14.7. The lowest BCUT2D eigenvalue weighted by Gasteiger charge is -2.42. The van der Waals surface area contributed by atoms with E-state index in [-0.39, 0.29) is 24.9 Å². The highest BCUT2D eigenvalue weighted by atomic mass is 79.9. The third-order valence-corrected chi connectivity index (χ3v) is 4.63. The van der Waals surface area contributed by atoms with E-state index < -0.39 is 11.4 Å². The lowest BCUT2D eigenvalue weighted by atomic mass is 9.79. The largest absolute Gasteiger partial charge is 0.453 e. The monoisotopic (exact) mass is 409 g/mol. The fourth-order valence-corrected chi connectivity index (χ4v) is 3.64. The van der Waals surface area contributed by atoms with Crippen LogP contribution in [0.2, 0.25) is 0 Å². The Morgan fingerprint density at radius 2 is 2.12 bits per heavy atom. The van der Waals surface area contributed by atoms with Gasteiger partial charge < -0.3 is 19.7 Å². The third-order valence-electron chi connectivity index (χ3n) is 4.18. The zero-order valence-electron chi connectivity index (χ0n) is 13.1. The second kappa shape index (κ2) is 5.98. The summed E-state index contributed by atoms with van der Waals surface area (Å²) in [7, 11) is 1.39. The van der Waals surface area contributed by atoms with Gasteiger partial charge in [0.15, 0.2) is 17.3 Å². The summed E-state index contributed by atoms with van der Waals surface area (Å²) in [6.07, 6.45) is 0. The number of hydrogen-bond acceptors (Lipinski definition) is 5. The molecule has 1 atom stereocenters. The predicted octanol–water partition coefficient (Wildman–Crippen LogP) is 3.02. The highest BCUT2D eigenvalue weighted by Crippen LogP contribution is 2.50. The molecule has 4 rings (SSSR count). The molecule has 0 unspecified atom stereocenters. The van der Waals surface area contributed by atoms with Crippen molar-refractivity contribution in [2.45, 2.75) is 5.54 Å². The SMILES string of the molecule is COOc1ccc2c(c1)[C@@]1(COCC(=O)N1)c1cc(Br)cc(F)c1O2. The van der Waals surface area contributed by atoms with E-state index in [4.69, 9.17) is 19.2 Å². The van der Waals surface area contributed by atoms with Gasteiger partial charge in [-0.1, -0.05) is 15.9 Å². The molecular formula is C17H13BrFNO5. The molecule has 1 fully saturated rings. The van der Waals surface area contributed by atoms with Crippen LogP contribution in [-0.4, -0.2) is 26.2 Å². The van der Waals surface area contributed by atoms with Crippen LogP contribution in [0.1, 0.15) is 11.1 Å². The molecule has 0 bridgehead atoms. The van der Waals surface area contributed by atoms with Gasteiger partial charge >= 0.3 is 0 Å². The van der Waals surface area contributed by atoms with Crippen LogP contribution in [0, 0.1) is 5.82 Å². The summed E-state index contributed by atoms with van der Waals surface area (Å²) in [5.74, 6) is 0.0442. The van der Waals surface area contributed by atoms with Crippen molar-refractivity contribution in [3.8, 4) is 17.2 Å². The van der Waals surface area contributed by atoms with Gasteiger partial charge in [-0.15, -0.1) is 0 Å². The highest BCUT2D eigenvalue weighted by Gasteiger charge is 2.47. The van der Waals surface area contributed by atoms with Crippen LogP contribution in [-0.2, 0) is 20.0 Å². The van der Waals surface area contributed by atoms with E-state index in [1.807, 2.05) is 0 Å². The Labute approximate surface area is 150 Å². The predicted molar refractivity (Wildman–Crippen MR) is 88.0 cm³/mol. The van der Waals surface area contributed by atoms with E-state index in [1.165, 1.54) is 13.2 Å². The van der Waals surface area contributed by atoms with Crippen molar-refractivity contribution < 1.29 is 28.4 Å². The maximum atomic E-state index is 14.5. The highest BCUT2D eigenvalue weighted by molar-refractivity contribution is 9.10. The number of benzene rings is 2. The van der Waals surface area contributed by atoms with Gasteiger partial charge in [0.1, 0.15) is 17.9 Å². The molecule has 2 aliphatic rings. The number of carbonyl (C=O) groups is 1. The molecule has 1 spiro atoms. The van der Waals surface area contributed by atoms with Crippen molar-refractivity contribution in [3.63, 3.8) is 0 Å². The summed E-state index contributed by atoms with van der Waals surface area (Å²) in [6.45, 7) is 0.0758. The summed E-state index contributed by atoms with van der Waals surface area (Å²) in [4.78, 5) is 21.9. The van der Waals surface area contributed by atoms with Crippen molar-refractivity contribution in [2.24, 2.45) is 0 Å². The molecule has 2 aromatic rings. The van der Waals surface area contributed by atoms with E-state index in [0.29, 0.717) is 27.1 Å². The molecule has 0 radical (unpaired) electrons. The molecule has 2 aromatic carbocycles. The van der Waals surface area contributed by atoms with Gasteiger partial charge in [0, 0.05) is 15.6 Å². The quantitative estimate of drug-likeness (QED) is 0.609. The molecular weight excluding hydrogens is 397 g/mol. The Balaban J connectivity index is 1.97. The number of halogens is 2. The first-order valence-corrected chi connectivity index (χ1v) is 8.24. The average molecular weight is 410 g/mol. The van der Waals surface area contributed by atoms with Crippen molar-refractivity contribution in [2.75, 3.05) is 20.3 Å². The average Bonchev–Trinajstić information content (AvgIpc) is 2.57. The van der Waals surface area contributed by atoms with Gasteiger partial charge in [-0.25, -0.2) is 4.39 Å². The normalized spacial score (nSPS) is 21.2.